The molecule has 0 radical (unpaired) electrons. The Hall–Kier alpha value is -3.66. The molecular formula is C24H22N4. The molecule has 0 aliphatic heterocycles. The van der Waals surface area contributed by atoms with Crippen molar-refractivity contribution in [3.05, 3.63) is 108 Å². The van der Waals surface area contributed by atoms with E-state index in [1.54, 1.807) is 12.4 Å². The molecule has 2 heterocycles. The summed E-state index contributed by atoms with van der Waals surface area (Å²) in [5.74, 6) is 0. The third kappa shape index (κ3) is 4.35. The molecule has 0 aliphatic carbocycles. The third-order valence-electron chi connectivity index (χ3n) is 4.49. The highest BCUT2D eigenvalue weighted by atomic mass is 14.9. The quantitative estimate of drug-likeness (QED) is 0.462. The third-order valence-corrected chi connectivity index (χ3v) is 4.49. The molecule has 4 rings (SSSR count). The Morgan fingerprint density at radius 1 is 0.500 bits per heavy atom. The lowest BCUT2D eigenvalue weighted by Gasteiger charge is -2.15. The van der Waals surface area contributed by atoms with Crippen molar-refractivity contribution in [1.82, 2.24) is 9.97 Å². The first kappa shape index (κ1) is 17.7. The summed E-state index contributed by atoms with van der Waals surface area (Å²) in [6.07, 6.45) is 3.61. The van der Waals surface area contributed by atoms with Crippen LogP contribution in [0, 0.1) is 0 Å². The van der Waals surface area contributed by atoms with Crippen molar-refractivity contribution in [3.8, 4) is 11.4 Å². The van der Waals surface area contributed by atoms with E-state index in [0.29, 0.717) is 0 Å². The lowest BCUT2D eigenvalue weighted by Crippen LogP contribution is -2.05. The first-order valence-corrected chi connectivity index (χ1v) is 9.36. The normalized spacial score (nSPS) is 10.4. The molecule has 28 heavy (non-hydrogen) atoms. The van der Waals surface area contributed by atoms with Gasteiger partial charge in [0.2, 0.25) is 0 Å². The highest BCUT2D eigenvalue weighted by Crippen LogP contribution is 2.30. The van der Waals surface area contributed by atoms with Gasteiger partial charge in [-0.3, -0.25) is 9.97 Å². The summed E-state index contributed by atoms with van der Waals surface area (Å²) in [5, 5.41) is 7.00. The SMILES string of the molecule is c1ccc(CNc2cccnc2-c2ncccc2NCc2ccccc2)cc1. The minimum absolute atomic E-state index is 0.735. The van der Waals surface area contributed by atoms with E-state index in [1.807, 2.05) is 60.7 Å². The van der Waals surface area contributed by atoms with Gasteiger partial charge >= 0.3 is 0 Å². The molecule has 2 aromatic carbocycles. The van der Waals surface area contributed by atoms with Gasteiger partial charge in [0.15, 0.2) is 0 Å². The van der Waals surface area contributed by atoms with E-state index in [1.165, 1.54) is 11.1 Å². The first-order chi connectivity index (χ1) is 13.9. The van der Waals surface area contributed by atoms with Crippen LogP contribution in [0.4, 0.5) is 11.4 Å². The van der Waals surface area contributed by atoms with E-state index in [9.17, 15) is 0 Å². The fourth-order valence-electron chi connectivity index (χ4n) is 3.06. The summed E-state index contributed by atoms with van der Waals surface area (Å²) < 4.78 is 0. The molecule has 2 N–H and O–H groups in total. The lowest BCUT2D eigenvalue weighted by atomic mass is 10.1. The minimum atomic E-state index is 0.735. The molecule has 0 aliphatic rings. The Morgan fingerprint density at radius 2 is 0.929 bits per heavy atom. The van der Waals surface area contributed by atoms with Crippen LogP contribution in [0.1, 0.15) is 11.1 Å². The first-order valence-electron chi connectivity index (χ1n) is 9.36. The molecule has 4 heteroatoms. The van der Waals surface area contributed by atoms with Crippen molar-refractivity contribution >= 4 is 11.4 Å². The van der Waals surface area contributed by atoms with Gasteiger partial charge in [0, 0.05) is 25.5 Å². The maximum Gasteiger partial charge on any atom is 0.114 e. The molecule has 138 valence electrons. The second kappa shape index (κ2) is 8.82. The molecule has 0 saturated heterocycles. The molecule has 0 spiro atoms. The fourth-order valence-corrected chi connectivity index (χ4v) is 3.06. The maximum absolute atomic E-state index is 4.61. The number of nitrogens with zero attached hydrogens (tertiary/aromatic N) is 2. The Balaban J connectivity index is 1.57. The minimum Gasteiger partial charge on any atom is -0.379 e. The summed E-state index contributed by atoms with van der Waals surface area (Å²) in [6.45, 7) is 1.47. The number of pyridine rings is 2. The number of rotatable bonds is 7. The van der Waals surface area contributed by atoms with E-state index in [0.717, 1.165) is 35.9 Å². The average molecular weight is 366 g/mol. The number of anilines is 2. The number of nitrogens with one attached hydrogen (secondary N) is 2. The summed E-state index contributed by atoms with van der Waals surface area (Å²) in [7, 11) is 0. The van der Waals surface area contributed by atoms with E-state index < -0.39 is 0 Å². The standard InChI is InChI=1S/C24H22N4/c1-3-9-19(10-4-1)17-27-21-13-7-15-25-23(21)24-22(14-8-16-26-24)28-18-20-11-5-2-6-12-20/h1-16,27-28H,17-18H2. The fraction of sp³-hybridized carbons (Fsp3) is 0.0833. The Morgan fingerprint density at radius 3 is 1.36 bits per heavy atom. The number of benzene rings is 2. The molecule has 0 fully saturated rings. The number of aromatic nitrogens is 2. The zero-order valence-electron chi connectivity index (χ0n) is 15.5. The lowest BCUT2D eigenvalue weighted by molar-refractivity contribution is 1.12. The van der Waals surface area contributed by atoms with Gasteiger partial charge < -0.3 is 10.6 Å². The van der Waals surface area contributed by atoms with Gasteiger partial charge in [0.1, 0.15) is 11.4 Å². The molecule has 2 aromatic heterocycles. The average Bonchev–Trinajstić information content (AvgIpc) is 2.78. The second-order valence-electron chi connectivity index (χ2n) is 6.48. The monoisotopic (exact) mass is 366 g/mol. The van der Waals surface area contributed by atoms with E-state index >= 15 is 0 Å². The maximum atomic E-state index is 4.61. The van der Waals surface area contributed by atoms with Crippen LogP contribution in [0.5, 0.6) is 0 Å². The second-order valence-corrected chi connectivity index (χ2v) is 6.48. The van der Waals surface area contributed by atoms with Gasteiger partial charge in [-0.05, 0) is 35.4 Å². The van der Waals surface area contributed by atoms with Crippen molar-refractivity contribution in [1.29, 1.82) is 0 Å². The van der Waals surface area contributed by atoms with E-state index in [2.05, 4.69) is 44.9 Å². The Kier molecular flexibility index (Phi) is 5.59. The van der Waals surface area contributed by atoms with Crippen molar-refractivity contribution < 1.29 is 0 Å². The van der Waals surface area contributed by atoms with Gasteiger partial charge in [0.25, 0.3) is 0 Å². The van der Waals surface area contributed by atoms with Gasteiger partial charge in [-0.15, -0.1) is 0 Å². The zero-order valence-corrected chi connectivity index (χ0v) is 15.5. The molecular weight excluding hydrogens is 344 g/mol. The van der Waals surface area contributed by atoms with Gasteiger partial charge in [-0.2, -0.15) is 0 Å². The van der Waals surface area contributed by atoms with Crippen LogP contribution in [-0.4, -0.2) is 9.97 Å². The van der Waals surface area contributed by atoms with Crippen molar-refractivity contribution in [2.24, 2.45) is 0 Å². The predicted octanol–water partition coefficient (Wildman–Crippen LogP) is 5.37. The van der Waals surface area contributed by atoms with Crippen molar-refractivity contribution in [3.63, 3.8) is 0 Å². The van der Waals surface area contributed by atoms with Crippen LogP contribution in [0.15, 0.2) is 97.3 Å². The van der Waals surface area contributed by atoms with Crippen molar-refractivity contribution in [2.75, 3.05) is 10.6 Å². The summed E-state index contributed by atoms with van der Waals surface area (Å²) in [5.41, 5.74) is 6.06. The number of hydrogen-bond donors (Lipinski definition) is 2. The highest BCUT2D eigenvalue weighted by molar-refractivity contribution is 5.80. The zero-order chi connectivity index (χ0) is 19.0. The smallest absolute Gasteiger partial charge is 0.114 e. The summed E-state index contributed by atoms with van der Waals surface area (Å²) in [4.78, 5) is 9.22. The summed E-state index contributed by atoms with van der Waals surface area (Å²) in [6, 6.07) is 28.6. The molecule has 4 nitrogen and oxygen atoms in total. The Bertz CT molecular complexity index is 932. The molecule has 4 aromatic rings. The molecule has 0 saturated carbocycles. The molecule has 0 amide bonds. The highest BCUT2D eigenvalue weighted by Gasteiger charge is 2.12. The van der Waals surface area contributed by atoms with E-state index in [-0.39, 0.29) is 0 Å². The number of hydrogen-bond acceptors (Lipinski definition) is 4. The molecule has 0 atom stereocenters. The Labute approximate surface area is 165 Å². The molecule has 0 bridgehead atoms. The topological polar surface area (TPSA) is 49.8 Å². The van der Waals surface area contributed by atoms with Crippen LogP contribution in [0.25, 0.3) is 11.4 Å². The largest absolute Gasteiger partial charge is 0.379 e. The van der Waals surface area contributed by atoms with E-state index in [4.69, 9.17) is 0 Å². The van der Waals surface area contributed by atoms with Gasteiger partial charge in [-0.1, -0.05) is 60.7 Å². The van der Waals surface area contributed by atoms with Crippen LogP contribution in [0.3, 0.4) is 0 Å². The van der Waals surface area contributed by atoms with Crippen molar-refractivity contribution in [2.45, 2.75) is 13.1 Å². The van der Waals surface area contributed by atoms with Crippen LogP contribution < -0.4 is 10.6 Å². The predicted molar refractivity (Wildman–Crippen MR) is 115 cm³/mol. The summed E-state index contributed by atoms with van der Waals surface area (Å²) >= 11 is 0. The van der Waals surface area contributed by atoms with Gasteiger partial charge in [0.05, 0.1) is 11.4 Å². The van der Waals surface area contributed by atoms with Crippen LogP contribution >= 0.6 is 0 Å². The van der Waals surface area contributed by atoms with Crippen LogP contribution in [-0.2, 0) is 13.1 Å². The van der Waals surface area contributed by atoms with Gasteiger partial charge in [-0.25, -0.2) is 0 Å². The molecule has 0 unspecified atom stereocenters. The van der Waals surface area contributed by atoms with Crippen LogP contribution in [0.2, 0.25) is 0 Å².